The van der Waals surface area contributed by atoms with Gasteiger partial charge in [-0.15, -0.1) is 0 Å². The Morgan fingerprint density at radius 3 is 2.05 bits per heavy atom. The molecule has 4 nitrogen and oxygen atoms in total. The Balaban J connectivity index is 1.68. The molecule has 4 heteroatoms. The standard InChI is InChI=1S/C17H23NO3/c1-19-16-8-4-13(5-9-16)10-18-11-14-6-7-15(12-18)17(14,20-2)21-3/h4-9,14-15H,10-12H2,1-3H3. The third-order valence-electron chi connectivity index (χ3n) is 4.72. The predicted octanol–water partition coefficient (Wildman–Crippen LogP) is 2.30. The van der Waals surface area contributed by atoms with E-state index in [1.807, 2.05) is 12.1 Å². The molecule has 2 atom stereocenters. The van der Waals surface area contributed by atoms with Crippen LogP contribution in [0.3, 0.4) is 0 Å². The van der Waals surface area contributed by atoms with E-state index in [9.17, 15) is 0 Å². The van der Waals surface area contributed by atoms with Crippen molar-refractivity contribution in [1.29, 1.82) is 0 Å². The van der Waals surface area contributed by atoms with E-state index in [-0.39, 0.29) is 0 Å². The zero-order valence-electron chi connectivity index (χ0n) is 12.9. The fourth-order valence-corrected chi connectivity index (χ4v) is 3.63. The van der Waals surface area contributed by atoms with Crippen molar-refractivity contribution in [3.8, 4) is 5.75 Å². The van der Waals surface area contributed by atoms with Crippen LogP contribution in [0.5, 0.6) is 5.75 Å². The molecular formula is C17H23NO3. The van der Waals surface area contributed by atoms with Crippen LogP contribution < -0.4 is 4.74 Å². The predicted molar refractivity (Wildman–Crippen MR) is 81.1 cm³/mol. The van der Waals surface area contributed by atoms with Crippen LogP contribution in [0.4, 0.5) is 0 Å². The van der Waals surface area contributed by atoms with E-state index >= 15 is 0 Å². The Morgan fingerprint density at radius 2 is 1.57 bits per heavy atom. The van der Waals surface area contributed by atoms with Crippen LogP contribution in [-0.2, 0) is 16.0 Å². The molecule has 1 saturated heterocycles. The molecule has 0 radical (unpaired) electrons. The van der Waals surface area contributed by atoms with Gasteiger partial charge in [-0.25, -0.2) is 0 Å². The highest BCUT2D eigenvalue weighted by atomic mass is 16.7. The summed E-state index contributed by atoms with van der Waals surface area (Å²) in [5, 5.41) is 0. The van der Waals surface area contributed by atoms with E-state index in [4.69, 9.17) is 14.2 Å². The fourth-order valence-electron chi connectivity index (χ4n) is 3.63. The summed E-state index contributed by atoms with van der Waals surface area (Å²) < 4.78 is 16.6. The van der Waals surface area contributed by atoms with Crippen LogP contribution in [0.25, 0.3) is 0 Å². The summed E-state index contributed by atoms with van der Waals surface area (Å²) in [5.41, 5.74) is 1.30. The van der Waals surface area contributed by atoms with Crippen LogP contribution in [0.2, 0.25) is 0 Å². The third-order valence-corrected chi connectivity index (χ3v) is 4.72. The van der Waals surface area contributed by atoms with Crippen molar-refractivity contribution in [3.05, 3.63) is 42.0 Å². The van der Waals surface area contributed by atoms with Crippen molar-refractivity contribution >= 4 is 0 Å². The third kappa shape index (κ3) is 2.48. The highest BCUT2D eigenvalue weighted by molar-refractivity contribution is 5.27. The first-order valence-electron chi connectivity index (χ1n) is 7.35. The highest BCUT2D eigenvalue weighted by Gasteiger charge is 2.52. The summed E-state index contributed by atoms with van der Waals surface area (Å²) in [7, 11) is 5.18. The van der Waals surface area contributed by atoms with E-state index < -0.39 is 5.79 Å². The van der Waals surface area contributed by atoms with Gasteiger partial charge in [0.1, 0.15) is 5.75 Å². The second-order valence-corrected chi connectivity index (χ2v) is 5.77. The van der Waals surface area contributed by atoms with Gasteiger partial charge in [0.25, 0.3) is 0 Å². The van der Waals surface area contributed by atoms with Gasteiger partial charge in [-0.3, -0.25) is 4.90 Å². The fraction of sp³-hybridized carbons (Fsp3) is 0.529. The second-order valence-electron chi connectivity index (χ2n) is 5.77. The van der Waals surface area contributed by atoms with Gasteiger partial charge in [-0.1, -0.05) is 24.3 Å². The number of ether oxygens (including phenoxy) is 3. The highest BCUT2D eigenvalue weighted by Crippen LogP contribution is 2.43. The molecule has 1 aliphatic heterocycles. The molecule has 1 aliphatic carbocycles. The maximum absolute atomic E-state index is 5.72. The quantitative estimate of drug-likeness (QED) is 0.615. The van der Waals surface area contributed by atoms with E-state index in [1.165, 1.54) is 5.56 Å². The molecular weight excluding hydrogens is 266 g/mol. The van der Waals surface area contributed by atoms with E-state index in [1.54, 1.807) is 21.3 Å². The van der Waals surface area contributed by atoms with Crippen molar-refractivity contribution in [3.63, 3.8) is 0 Å². The van der Waals surface area contributed by atoms with Crippen molar-refractivity contribution < 1.29 is 14.2 Å². The maximum atomic E-state index is 5.72. The minimum atomic E-state index is -0.462. The van der Waals surface area contributed by atoms with E-state index in [0.717, 1.165) is 25.4 Å². The molecule has 0 N–H and O–H groups in total. The Morgan fingerprint density at radius 1 is 1.00 bits per heavy atom. The normalized spacial score (nSPS) is 27.0. The zero-order chi connectivity index (χ0) is 14.9. The number of piperidine rings is 1. The maximum Gasteiger partial charge on any atom is 0.182 e. The molecule has 1 aromatic rings. The second kappa shape index (κ2) is 5.79. The van der Waals surface area contributed by atoms with Gasteiger partial charge in [0.05, 0.1) is 7.11 Å². The average molecular weight is 289 g/mol. The lowest BCUT2D eigenvalue weighted by atomic mass is 9.88. The first-order valence-corrected chi connectivity index (χ1v) is 7.35. The molecule has 3 rings (SSSR count). The SMILES string of the molecule is COc1ccc(CN2CC3C=CC(C2)C3(OC)OC)cc1. The van der Waals surface area contributed by atoms with Crippen LogP contribution in [0, 0.1) is 11.8 Å². The Labute approximate surface area is 126 Å². The van der Waals surface area contributed by atoms with Gasteiger partial charge in [0.2, 0.25) is 0 Å². The number of likely N-dealkylation sites (tertiary alicyclic amines) is 1. The largest absolute Gasteiger partial charge is 0.497 e. The van der Waals surface area contributed by atoms with Gasteiger partial charge < -0.3 is 14.2 Å². The van der Waals surface area contributed by atoms with Gasteiger partial charge >= 0.3 is 0 Å². The first-order chi connectivity index (χ1) is 10.2. The summed E-state index contributed by atoms with van der Waals surface area (Å²) in [6.07, 6.45) is 4.48. The molecule has 0 saturated carbocycles. The monoisotopic (exact) mass is 289 g/mol. The first kappa shape index (κ1) is 14.6. The van der Waals surface area contributed by atoms with Crippen LogP contribution in [0.1, 0.15) is 5.56 Å². The number of methoxy groups -OCH3 is 3. The molecule has 114 valence electrons. The zero-order valence-corrected chi connectivity index (χ0v) is 12.9. The van der Waals surface area contributed by atoms with E-state index in [2.05, 4.69) is 29.2 Å². The summed E-state index contributed by atoms with van der Waals surface area (Å²) >= 11 is 0. The smallest absolute Gasteiger partial charge is 0.182 e. The topological polar surface area (TPSA) is 30.9 Å². The van der Waals surface area contributed by atoms with Gasteiger partial charge in [-0.2, -0.15) is 0 Å². The van der Waals surface area contributed by atoms with Crippen molar-refractivity contribution in [2.24, 2.45) is 11.8 Å². The summed E-state index contributed by atoms with van der Waals surface area (Å²) in [6.45, 7) is 2.86. The van der Waals surface area contributed by atoms with Crippen LogP contribution in [-0.4, -0.2) is 45.1 Å². The number of benzene rings is 1. The molecule has 2 bridgehead atoms. The van der Waals surface area contributed by atoms with Crippen molar-refractivity contribution in [2.75, 3.05) is 34.4 Å². The van der Waals surface area contributed by atoms with Gasteiger partial charge in [-0.05, 0) is 17.7 Å². The molecule has 0 amide bonds. The molecule has 2 unspecified atom stereocenters. The Hall–Kier alpha value is -1.36. The van der Waals surface area contributed by atoms with E-state index in [0.29, 0.717) is 11.8 Å². The van der Waals surface area contributed by atoms with Crippen molar-refractivity contribution in [1.82, 2.24) is 4.90 Å². The van der Waals surface area contributed by atoms with Crippen LogP contribution in [0.15, 0.2) is 36.4 Å². The molecule has 0 aromatic heterocycles. The van der Waals surface area contributed by atoms with Crippen molar-refractivity contribution in [2.45, 2.75) is 12.3 Å². The number of nitrogens with zero attached hydrogens (tertiary/aromatic N) is 1. The number of rotatable bonds is 5. The van der Waals surface area contributed by atoms with Gasteiger partial charge in [0.15, 0.2) is 5.79 Å². The molecule has 2 aliphatic rings. The Bertz CT molecular complexity index is 489. The summed E-state index contributed by atoms with van der Waals surface area (Å²) in [4.78, 5) is 2.47. The average Bonchev–Trinajstić information content (AvgIpc) is 2.71. The lowest BCUT2D eigenvalue weighted by molar-refractivity contribution is -0.264. The number of hydrogen-bond acceptors (Lipinski definition) is 4. The summed E-state index contributed by atoms with van der Waals surface area (Å²) in [5.74, 6) is 1.03. The number of fused-ring (bicyclic) bond motifs is 2. The molecule has 1 fully saturated rings. The minimum Gasteiger partial charge on any atom is -0.497 e. The molecule has 21 heavy (non-hydrogen) atoms. The molecule has 1 aromatic carbocycles. The molecule has 1 heterocycles. The lowest BCUT2D eigenvalue weighted by Crippen LogP contribution is -2.56. The summed E-state index contributed by atoms with van der Waals surface area (Å²) in [6, 6.07) is 8.28. The molecule has 0 spiro atoms. The minimum absolute atomic E-state index is 0.296. The number of hydrogen-bond donors (Lipinski definition) is 0. The van der Waals surface area contributed by atoms with Gasteiger partial charge in [0, 0.05) is 45.7 Å². The lowest BCUT2D eigenvalue weighted by Gasteiger charge is -2.45. The van der Waals surface area contributed by atoms with Crippen LogP contribution >= 0.6 is 0 Å². The Kier molecular flexibility index (Phi) is 4.02.